The average Bonchev–Trinajstić information content (AvgIpc) is 2.70. The van der Waals surface area contributed by atoms with Gasteiger partial charge in [0.1, 0.15) is 12.6 Å². The fourth-order valence-corrected chi connectivity index (χ4v) is 3.79. The molecule has 1 aromatic heterocycles. The first-order chi connectivity index (χ1) is 14.5. The van der Waals surface area contributed by atoms with Crippen LogP contribution in [0.5, 0.6) is 0 Å². The van der Waals surface area contributed by atoms with E-state index in [1.54, 1.807) is 18.7 Å². The van der Waals surface area contributed by atoms with Crippen LogP contribution in [0.15, 0.2) is 23.0 Å². The van der Waals surface area contributed by atoms with Crippen LogP contribution in [0.4, 0.5) is 13.2 Å². The highest BCUT2D eigenvalue weighted by Crippen LogP contribution is 2.32. The van der Waals surface area contributed by atoms with Gasteiger partial charge in [-0.15, -0.1) is 0 Å². The van der Waals surface area contributed by atoms with E-state index in [1.165, 1.54) is 0 Å². The van der Waals surface area contributed by atoms with Crippen LogP contribution < -0.4 is 10.9 Å². The maximum Gasteiger partial charge on any atom is 0.416 e. The monoisotopic (exact) mass is 438 g/mol. The van der Waals surface area contributed by atoms with E-state index in [4.69, 9.17) is 0 Å². The topological polar surface area (TPSA) is 84.3 Å². The van der Waals surface area contributed by atoms with Gasteiger partial charge in [0.25, 0.3) is 5.56 Å². The van der Waals surface area contributed by atoms with E-state index >= 15 is 0 Å². The number of rotatable bonds is 5. The summed E-state index contributed by atoms with van der Waals surface area (Å²) in [7, 11) is 0. The van der Waals surface area contributed by atoms with Crippen molar-refractivity contribution in [2.45, 2.75) is 58.3 Å². The van der Waals surface area contributed by atoms with Gasteiger partial charge in [0.05, 0.1) is 16.6 Å². The normalized spacial score (nSPS) is 17.5. The van der Waals surface area contributed by atoms with Crippen molar-refractivity contribution in [2.24, 2.45) is 0 Å². The van der Waals surface area contributed by atoms with E-state index in [0.29, 0.717) is 25.2 Å². The zero-order valence-corrected chi connectivity index (χ0v) is 17.6. The molecule has 1 fully saturated rings. The molecule has 1 saturated heterocycles. The lowest BCUT2D eigenvalue weighted by molar-refractivity contribution is -0.138. The summed E-state index contributed by atoms with van der Waals surface area (Å²) < 4.78 is 40.3. The number of piperidine rings is 1. The van der Waals surface area contributed by atoms with Crippen molar-refractivity contribution in [2.75, 3.05) is 13.1 Å². The second-order valence-electron chi connectivity index (χ2n) is 7.94. The van der Waals surface area contributed by atoms with Gasteiger partial charge in [-0.25, -0.2) is 4.68 Å². The summed E-state index contributed by atoms with van der Waals surface area (Å²) in [6, 6.07) is 2.23. The second-order valence-corrected chi connectivity index (χ2v) is 7.94. The van der Waals surface area contributed by atoms with Crippen molar-refractivity contribution in [1.29, 1.82) is 0 Å². The number of nitrogens with one attached hydrogen (secondary N) is 1. The number of hydrogen-bond acceptors (Lipinski definition) is 4. The molecular weight excluding hydrogens is 413 g/mol. The van der Waals surface area contributed by atoms with Crippen LogP contribution in [0.2, 0.25) is 0 Å². The third-order valence-electron chi connectivity index (χ3n) is 5.40. The molecule has 0 radical (unpaired) electrons. The summed E-state index contributed by atoms with van der Waals surface area (Å²) >= 11 is 0. The van der Waals surface area contributed by atoms with E-state index in [1.807, 2.05) is 6.92 Å². The highest BCUT2D eigenvalue weighted by molar-refractivity contribution is 5.88. The van der Waals surface area contributed by atoms with Gasteiger partial charge >= 0.3 is 6.18 Å². The summed E-state index contributed by atoms with van der Waals surface area (Å²) in [6.45, 7) is 6.12. The van der Waals surface area contributed by atoms with Crippen LogP contribution in [0.25, 0.3) is 10.8 Å². The van der Waals surface area contributed by atoms with Crippen LogP contribution in [-0.2, 0) is 22.3 Å². The average molecular weight is 438 g/mol. The molecule has 0 aliphatic carbocycles. The number of alkyl halides is 3. The number of nitrogens with zero attached hydrogens (tertiary/aromatic N) is 3. The largest absolute Gasteiger partial charge is 0.416 e. The second kappa shape index (κ2) is 8.68. The van der Waals surface area contributed by atoms with Crippen molar-refractivity contribution in [3.05, 3.63) is 39.8 Å². The number of likely N-dealkylation sites (N-methyl/N-ethyl adjacent to an activating group) is 1. The van der Waals surface area contributed by atoms with Crippen molar-refractivity contribution in [3.8, 4) is 0 Å². The summed E-state index contributed by atoms with van der Waals surface area (Å²) in [5.74, 6) is -0.991. The fraction of sp³-hybridized carbons (Fsp3) is 0.524. The molecule has 7 nitrogen and oxygen atoms in total. The Labute approximate surface area is 177 Å². The summed E-state index contributed by atoms with van der Waals surface area (Å²) in [5, 5.41) is 7.02. The number of halogens is 3. The van der Waals surface area contributed by atoms with Gasteiger partial charge in [0.2, 0.25) is 11.8 Å². The molecule has 1 atom stereocenters. The Hall–Kier alpha value is -2.91. The highest BCUT2D eigenvalue weighted by atomic mass is 19.4. The lowest BCUT2D eigenvalue weighted by Crippen LogP contribution is -2.53. The Bertz CT molecular complexity index is 1060. The number of benzene rings is 1. The molecule has 0 saturated carbocycles. The number of amides is 2. The Kier molecular flexibility index (Phi) is 6.38. The zero-order valence-electron chi connectivity index (χ0n) is 17.6. The van der Waals surface area contributed by atoms with Crippen LogP contribution in [0.1, 0.15) is 50.8 Å². The molecule has 2 amide bonds. The van der Waals surface area contributed by atoms with Crippen molar-refractivity contribution >= 4 is 22.6 Å². The number of likely N-dealkylation sites (tertiary alicyclic amines) is 1. The first kappa shape index (κ1) is 22.8. The van der Waals surface area contributed by atoms with Gasteiger partial charge in [0, 0.05) is 18.5 Å². The highest BCUT2D eigenvalue weighted by Gasteiger charge is 2.32. The van der Waals surface area contributed by atoms with Gasteiger partial charge in [-0.05, 0) is 43.9 Å². The number of aromatic nitrogens is 2. The molecule has 2 aromatic rings. The lowest BCUT2D eigenvalue weighted by atomic mass is 10.0. The first-order valence-electron chi connectivity index (χ1n) is 10.2. The molecule has 10 heteroatoms. The Morgan fingerprint density at radius 1 is 1.26 bits per heavy atom. The van der Waals surface area contributed by atoms with E-state index in [9.17, 15) is 27.6 Å². The van der Waals surface area contributed by atoms with Gasteiger partial charge < -0.3 is 10.2 Å². The maximum absolute atomic E-state index is 13.1. The molecular formula is C21H25F3N4O3. The molecule has 1 N–H and O–H groups in total. The van der Waals surface area contributed by atoms with Crippen LogP contribution in [0, 0.1) is 0 Å². The minimum Gasteiger partial charge on any atom is -0.343 e. The van der Waals surface area contributed by atoms with Gasteiger partial charge in [0.15, 0.2) is 0 Å². The summed E-state index contributed by atoms with van der Waals surface area (Å²) in [5.41, 5.74) is -1.23. The number of fused-ring (bicyclic) bond motifs is 1. The van der Waals surface area contributed by atoms with Crippen molar-refractivity contribution in [1.82, 2.24) is 20.0 Å². The molecule has 168 valence electrons. The van der Waals surface area contributed by atoms with Crippen molar-refractivity contribution in [3.63, 3.8) is 0 Å². The molecule has 1 aliphatic rings. The predicted molar refractivity (Wildman–Crippen MR) is 109 cm³/mol. The third-order valence-corrected chi connectivity index (χ3v) is 5.40. The van der Waals surface area contributed by atoms with Gasteiger partial charge in [-0.3, -0.25) is 14.4 Å². The molecule has 3 rings (SSSR count). The molecule has 1 aliphatic heterocycles. The van der Waals surface area contributed by atoms with E-state index < -0.39 is 35.8 Å². The van der Waals surface area contributed by atoms with E-state index in [2.05, 4.69) is 10.4 Å². The van der Waals surface area contributed by atoms with E-state index in [0.717, 1.165) is 29.3 Å². The predicted octanol–water partition coefficient (Wildman–Crippen LogP) is 2.67. The number of hydrogen-bond donors (Lipinski definition) is 1. The van der Waals surface area contributed by atoms with Gasteiger partial charge in [-0.1, -0.05) is 13.8 Å². The van der Waals surface area contributed by atoms with Crippen molar-refractivity contribution < 1.29 is 22.8 Å². The number of carbonyl (C=O) groups excluding carboxylic acids is 2. The molecule has 2 heterocycles. The lowest BCUT2D eigenvalue weighted by Gasteiger charge is -2.31. The number of carbonyl (C=O) groups is 2. The molecule has 0 bridgehead atoms. The Morgan fingerprint density at radius 3 is 2.58 bits per heavy atom. The SMILES string of the molecule is CCN1CCCC(NC(=O)Cn2nc(C(C)C)c3cc(C(F)(F)F)ccc3c2=O)C1=O. The van der Waals surface area contributed by atoms with Crippen LogP contribution in [0.3, 0.4) is 0 Å². The Morgan fingerprint density at radius 2 is 1.97 bits per heavy atom. The van der Waals surface area contributed by atoms with Crippen LogP contribution >= 0.6 is 0 Å². The quantitative estimate of drug-likeness (QED) is 0.778. The summed E-state index contributed by atoms with van der Waals surface area (Å²) in [4.78, 5) is 39.4. The first-order valence-corrected chi connectivity index (χ1v) is 10.2. The maximum atomic E-state index is 13.1. The summed E-state index contributed by atoms with van der Waals surface area (Å²) in [6.07, 6.45) is -3.27. The fourth-order valence-electron chi connectivity index (χ4n) is 3.79. The Balaban J connectivity index is 1.92. The molecule has 1 aromatic carbocycles. The van der Waals surface area contributed by atoms with Gasteiger partial charge in [-0.2, -0.15) is 18.3 Å². The zero-order chi connectivity index (χ0) is 22.9. The molecule has 1 unspecified atom stereocenters. The molecule has 31 heavy (non-hydrogen) atoms. The smallest absolute Gasteiger partial charge is 0.343 e. The van der Waals surface area contributed by atoms with Crippen LogP contribution in [-0.4, -0.2) is 45.6 Å². The third kappa shape index (κ3) is 4.72. The minimum atomic E-state index is -4.55. The van der Waals surface area contributed by atoms with E-state index in [-0.39, 0.29) is 22.6 Å². The standard InChI is InChI=1S/C21H25F3N4O3/c1-4-27-9-5-6-16(20(27)31)25-17(29)11-28-19(30)14-8-7-13(21(22,23)24)10-15(14)18(26-28)12(2)3/h7-8,10,12,16H,4-6,9,11H2,1-3H3,(H,25,29). The molecule has 0 spiro atoms. The minimum absolute atomic E-state index is 0.0606.